The van der Waals surface area contributed by atoms with Gasteiger partial charge in [-0.05, 0) is 36.4 Å². The average molecular weight is 367 g/mol. The quantitative estimate of drug-likeness (QED) is 0.819. The fourth-order valence-corrected chi connectivity index (χ4v) is 5.60. The van der Waals surface area contributed by atoms with Crippen molar-refractivity contribution in [1.82, 2.24) is 4.90 Å². The van der Waals surface area contributed by atoms with E-state index in [1.54, 1.807) is 17.0 Å². The molecule has 1 saturated heterocycles. The normalized spacial score (nSPS) is 20.6. The van der Waals surface area contributed by atoms with Crippen LogP contribution >= 0.6 is 11.3 Å². The highest BCUT2D eigenvalue weighted by Crippen LogP contribution is 2.31. The van der Waals surface area contributed by atoms with Gasteiger partial charge in [0.05, 0.1) is 15.9 Å². The van der Waals surface area contributed by atoms with E-state index in [9.17, 15) is 17.6 Å². The van der Waals surface area contributed by atoms with E-state index in [4.69, 9.17) is 0 Å². The summed E-state index contributed by atoms with van der Waals surface area (Å²) in [6, 6.07) is 7.76. The molecule has 1 aromatic heterocycles. The maximum absolute atomic E-state index is 14.0. The Bertz CT molecular complexity index is 860. The number of rotatable bonds is 2. The highest BCUT2D eigenvalue weighted by molar-refractivity contribution is 7.91. The van der Waals surface area contributed by atoms with Gasteiger partial charge < -0.3 is 4.90 Å². The Hall–Kier alpha value is -1.73. The van der Waals surface area contributed by atoms with Gasteiger partial charge in [0.15, 0.2) is 9.84 Å². The summed E-state index contributed by atoms with van der Waals surface area (Å²) in [6.45, 7) is 2.35. The van der Waals surface area contributed by atoms with E-state index in [0.29, 0.717) is 11.4 Å². The predicted molar refractivity (Wildman–Crippen MR) is 92.5 cm³/mol. The molecule has 2 aromatic rings. The number of hydrogen-bond acceptors (Lipinski definition) is 4. The fourth-order valence-electron chi connectivity index (χ4n) is 2.93. The number of benzene rings is 1. The van der Waals surface area contributed by atoms with E-state index in [1.165, 1.54) is 29.5 Å². The van der Waals surface area contributed by atoms with Gasteiger partial charge in [0, 0.05) is 18.7 Å². The molecule has 0 N–H and O–H groups in total. The molecule has 1 aliphatic heterocycles. The third kappa shape index (κ3) is 3.37. The lowest BCUT2D eigenvalue weighted by atomic mass is 10.1. The van der Waals surface area contributed by atoms with Gasteiger partial charge >= 0.3 is 0 Å². The van der Waals surface area contributed by atoms with Crippen molar-refractivity contribution in [3.05, 3.63) is 57.5 Å². The molecule has 1 fully saturated rings. The van der Waals surface area contributed by atoms with Crippen LogP contribution in [0.15, 0.2) is 35.7 Å². The zero-order valence-corrected chi connectivity index (χ0v) is 14.9. The summed E-state index contributed by atoms with van der Waals surface area (Å²) in [5.41, 5.74) is 1.20. The lowest BCUT2D eigenvalue weighted by Gasteiger charge is -2.19. The maximum atomic E-state index is 14.0. The van der Waals surface area contributed by atoms with Crippen molar-refractivity contribution in [2.75, 3.05) is 18.8 Å². The Kier molecular flexibility index (Phi) is 4.73. The van der Waals surface area contributed by atoms with E-state index < -0.39 is 20.9 Å². The van der Waals surface area contributed by atoms with Crippen LogP contribution in [0.3, 0.4) is 0 Å². The van der Waals surface area contributed by atoms with E-state index in [-0.39, 0.29) is 30.2 Å². The Morgan fingerprint density at radius 2 is 2.04 bits per heavy atom. The molecule has 0 aliphatic carbocycles. The summed E-state index contributed by atoms with van der Waals surface area (Å²) in [6.07, 6.45) is 0.208. The van der Waals surface area contributed by atoms with Crippen LogP contribution in [-0.4, -0.2) is 38.1 Å². The molecule has 1 amide bonds. The molecule has 0 radical (unpaired) electrons. The standard InChI is InChI=1S/C17H18FNO3S2/c1-12-10-15(23-11-12)17(20)19-7-6-16(24(21,22)9-8-19)13-4-2-3-5-14(13)18/h2-5,10-11,16H,6-9H2,1H3/t16-/m1/s1. The van der Waals surface area contributed by atoms with Crippen LogP contribution in [0.1, 0.15) is 32.5 Å². The minimum atomic E-state index is -3.51. The molecule has 1 aliphatic rings. The van der Waals surface area contributed by atoms with Crippen molar-refractivity contribution in [2.45, 2.75) is 18.6 Å². The Balaban J connectivity index is 1.85. The zero-order chi connectivity index (χ0) is 17.3. The number of hydrogen-bond donors (Lipinski definition) is 0. The molecule has 2 heterocycles. The minimum absolute atomic E-state index is 0.142. The summed E-state index contributed by atoms with van der Waals surface area (Å²) in [4.78, 5) is 14.7. The maximum Gasteiger partial charge on any atom is 0.263 e. The first kappa shape index (κ1) is 17.1. The summed E-state index contributed by atoms with van der Waals surface area (Å²) in [5, 5.41) is 0.991. The van der Waals surface area contributed by atoms with Crippen molar-refractivity contribution < 1.29 is 17.6 Å². The number of carbonyl (C=O) groups excluding carboxylic acids is 1. The summed E-state index contributed by atoms with van der Waals surface area (Å²) < 4.78 is 39.2. The van der Waals surface area contributed by atoms with Crippen LogP contribution < -0.4 is 0 Å². The van der Waals surface area contributed by atoms with Crippen molar-refractivity contribution in [3.8, 4) is 0 Å². The molecule has 0 saturated carbocycles. The number of nitrogens with zero attached hydrogens (tertiary/aromatic N) is 1. The largest absolute Gasteiger partial charge is 0.337 e. The number of sulfone groups is 1. The smallest absolute Gasteiger partial charge is 0.263 e. The molecule has 4 nitrogen and oxygen atoms in total. The molecule has 128 valence electrons. The van der Waals surface area contributed by atoms with E-state index in [2.05, 4.69) is 0 Å². The van der Waals surface area contributed by atoms with Gasteiger partial charge in [-0.25, -0.2) is 12.8 Å². The Labute approximate surface area is 144 Å². The SMILES string of the molecule is Cc1csc(C(=O)N2CC[C@H](c3ccccc3F)S(=O)(=O)CC2)c1. The molecule has 24 heavy (non-hydrogen) atoms. The van der Waals surface area contributed by atoms with Crippen LogP contribution in [0.4, 0.5) is 4.39 Å². The molecular formula is C17H18FNO3S2. The summed E-state index contributed by atoms with van der Waals surface area (Å²) in [5.74, 6) is -0.820. The van der Waals surface area contributed by atoms with Gasteiger partial charge in [-0.1, -0.05) is 18.2 Å². The van der Waals surface area contributed by atoms with E-state index >= 15 is 0 Å². The van der Waals surface area contributed by atoms with Crippen LogP contribution in [-0.2, 0) is 9.84 Å². The Morgan fingerprint density at radius 1 is 1.29 bits per heavy atom. The molecule has 1 atom stereocenters. The van der Waals surface area contributed by atoms with Crippen molar-refractivity contribution in [2.24, 2.45) is 0 Å². The Morgan fingerprint density at radius 3 is 2.71 bits per heavy atom. The van der Waals surface area contributed by atoms with Gasteiger partial charge in [0.25, 0.3) is 5.91 Å². The molecule has 0 bridgehead atoms. The minimum Gasteiger partial charge on any atom is -0.337 e. The van der Waals surface area contributed by atoms with Crippen LogP contribution in [0.2, 0.25) is 0 Å². The zero-order valence-electron chi connectivity index (χ0n) is 13.2. The van der Waals surface area contributed by atoms with Gasteiger partial charge in [0.2, 0.25) is 0 Å². The van der Waals surface area contributed by atoms with Crippen LogP contribution in [0, 0.1) is 12.7 Å². The van der Waals surface area contributed by atoms with Gasteiger partial charge in [-0.2, -0.15) is 0 Å². The summed E-state index contributed by atoms with van der Waals surface area (Å²) >= 11 is 1.36. The third-order valence-corrected chi connectivity index (χ3v) is 7.37. The second kappa shape index (κ2) is 6.64. The first-order chi connectivity index (χ1) is 11.4. The van der Waals surface area contributed by atoms with E-state index in [0.717, 1.165) is 5.56 Å². The molecule has 1 aromatic carbocycles. The summed E-state index contributed by atoms with van der Waals surface area (Å²) in [7, 11) is -3.51. The van der Waals surface area contributed by atoms with Crippen LogP contribution in [0.25, 0.3) is 0 Å². The average Bonchev–Trinajstić information content (AvgIpc) is 2.90. The molecule has 3 rings (SSSR count). The van der Waals surface area contributed by atoms with Gasteiger partial charge in [-0.15, -0.1) is 11.3 Å². The van der Waals surface area contributed by atoms with Gasteiger partial charge in [0.1, 0.15) is 5.82 Å². The van der Waals surface area contributed by atoms with Crippen molar-refractivity contribution in [3.63, 3.8) is 0 Å². The molecular weight excluding hydrogens is 349 g/mol. The number of aryl methyl sites for hydroxylation is 1. The number of halogens is 1. The second-order valence-corrected chi connectivity index (χ2v) is 9.16. The van der Waals surface area contributed by atoms with Crippen molar-refractivity contribution in [1.29, 1.82) is 0 Å². The molecule has 0 spiro atoms. The second-order valence-electron chi connectivity index (χ2n) is 5.95. The third-order valence-electron chi connectivity index (χ3n) is 4.22. The lowest BCUT2D eigenvalue weighted by molar-refractivity contribution is 0.0771. The highest BCUT2D eigenvalue weighted by atomic mass is 32.2. The fraction of sp³-hybridized carbons (Fsp3) is 0.353. The highest BCUT2D eigenvalue weighted by Gasteiger charge is 2.34. The number of carbonyl (C=O) groups is 1. The van der Waals surface area contributed by atoms with Crippen molar-refractivity contribution >= 4 is 27.1 Å². The number of thiophene rings is 1. The van der Waals surface area contributed by atoms with Crippen LogP contribution in [0.5, 0.6) is 0 Å². The first-order valence-corrected chi connectivity index (χ1v) is 10.3. The number of amides is 1. The first-order valence-electron chi connectivity index (χ1n) is 7.69. The monoisotopic (exact) mass is 367 g/mol. The molecule has 7 heteroatoms. The topological polar surface area (TPSA) is 54.5 Å². The predicted octanol–water partition coefficient (Wildman–Crippen LogP) is 3.20. The van der Waals surface area contributed by atoms with Gasteiger partial charge in [-0.3, -0.25) is 4.79 Å². The lowest BCUT2D eigenvalue weighted by Crippen LogP contribution is -2.33. The molecule has 0 unspecified atom stereocenters. The van der Waals surface area contributed by atoms with E-state index in [1.807, 2.05) is 12.3 Å².